The Kier molecular flexibility index (Phi) is 6.49. The van der Waals surface area contributed by atoms with Crippen LogP contribution in [0.3, 0.4) is 0 Å². The molecule has 2 atom stereocenters. The average molecular weight is 337 g/mol. The first-order chi connectivity index (χ1) is 10.6. The van der Waals surface area contributed by atoms with Gasteiger partial charge in [-0.2, -0.15) is 0 Å². The van der Waals surface area contributed by atoms with Gasteiger partial charge in [0, 0.05) is 6.54 Å². The molecule has 3 nitrogen and oxygen atoms in total. The normalized spacial score (nSPS) is 24.2. The van der Waals surface area contributed by atoms with Crippen molar-refractivity contribution < 1.29 is 4.79 Å². The van der Waals surface area contributed by atoms with Crippen LogP contribution in [0.4, 0.5) is 0 Å². The van der Waals surface area contributed by atoms with E-state index >= 15 is 0 Å². The van der Waals surface area contributed by atoms with Crippen LogP contribution in [-0.2, 0) is 4.79 Å². The molecule has 0 bridgehead atoms. The Morgan fingerprint density at radius 1 is 1.22 bits per heavy atom. The predicted molar refractivity (Wildman–Crippen MR) is 96.9 cm³/mol. The molecule has 0 radical (unpaired) electrons. The van der Waals surface area contributed by atoms with Gasteiger partial charge in [0.1, 0.15) is 0 Å². The zero-order valence-electron chi connectivity index (χ0n) is 14.3. The lowest BCUT2D eigenvalue weighted by molar-refractivity contribution is -0.135. The molecule has 2 fully saturated rings. The Morgan fingerprint density at radius 3 is 2.57 bits per heavy atom. The van der Waals surface area contributed by atoms with Crippen molar-refractivity contribution in [3.8, 4) is 0 Å². The van der Waals surface area contributed by atoms with E-state index in [4.69, 9.17) is 0 Å². The smallest absolute Gasteiger partial charge is 0.237 e. The Labute approximate surface area is 146 Å². The number of halogens is 1. The van der Waals surface area contributed by atoms with Gasteiger partial charge in [0.2, 0.25) is 5.91 Å². The van der Waals surface area contributed by atoms with Gasteiger partial charge in [-0.15, -0.1) is 12.4 Å². The molecule has 0 aromatic heterocycles. The minimum atomic E-state index is 0. The largest absolute Gasteiger partial charge is 0.334 e. The maximum Gasteiger partial charge on any atom is 0.237 e. The highest BCUT2D eigenvalue weighted by atomic mass is 35.5. The van der Waals surface area contributed by atoms with Crippen molar-refractivity contribution in [3.05, 3.63) is 35.4 Å². The summed E-state index contributed by atoms with van der Waals surface area (Å²) < 4.78 is 0. The first-order valence-corrected chi connectivity index (χ1v) is 8.72. The molecule has 2 aliphatic rings. The third kappa shape index (κ3) is 4.71. The molecule has 3 rings (SSSR count). The lowest BCUT2D eigenvalue weighted by Crippen LogP contribution is -2.45. The molecule has 4 heteroatoms. The number of amides is 1. The summed E-state index contributed by atoms with van der Waals surface area (Å²) >= 11 is 0. The molecule has 128 valence electrons. The van der Waals surface area contributed by atoms with E-state index in [0.717, 1.165) is 25.4 Å². The Hall–Kier alpha value is -1.06. The van der Waals surface area contributed by atoms with Gasteiger partial charge in [-0.1, -0.05) is 36.8 Å². The van der Waals surface area contributed by atoms with E-state index < -0.39 is 0 Å². The number of nitrogens with one attached hydrogen (secondary N) is 1. The van der Waals surface area contributed by atoms with E-state index in [1.807, 2.05) is 0 Å². The first kappa shape index (κ1) is 18.3. The number of hydrogen-bond acceptors (Lipinski definition) is 2. The summed E-state index contributed by atoms with van der Waals surface area (Å²) in [6, 6.07) is 8.94. The third-order valence-corrected chi connectivity index (χ3v) is 5.08. The van der Waals surface area contributed by atoms with Crippen molar-refractivity contribution in [2.24, 2.45) is 11.8 Å². The van der Waals surface area contributed by atoms with Crippen LogP contribution in [0.2, 0.25) is 0 Å². The van der Waals surface area contributed by atoms with Gasteiger partial charge in [0.05, 0.1) is 12.6 Å². The van der Waals surface area contributed by atoms with Crippen LogP contribution in [-0.4, -0.2) is 30.4 Å². The summed E-state index contributed by atoms with van der Waals surface area (Å²) in [6.07, 6.45) is 4.98. The molecule has 1 saturated heterocycles. The van der Waals surface area contributed by atoms with Crippen molar-refractivity contribution >= 4 is 18.3 Å². The van der Waals surface area contributed by atoms with Crippen LogP contribution < -0.4 is 5.32 Å². The fourth-order valence-corrected chi connectivity index (χ4v) is 3.55. The summed E-state index contributed by atoms with van der Waals surface area (Å²) in [5.41, 5.74) is 2.56. The summed E-state index contributed by atoms with van der Waals surface area (Å²) in [6.45, 7) is 6.78. The zero-order valence-corrected chi connectivity index (χ0v) is 15.1. The average Bonchev–Trinajstić information content (AvgIpc) is 3.32. The minimum absolute atomic E-state index is 0. The molecule has 0 spiro atoms. The van der Waals surface area contributed by atoms with Gasteiger partial charge >= 0.3 is 0 Å². The molecule has 1 aliphatic heterocycles. The molecular formula is C19H29ClN2O. The summed E-state index contributed by atoms with van der Waals surface area (Å²) in [7, 11) is 0. The summed E-state index contributed by atoms with van der Waals surface area (Å²) in [4.78, 5) is 14.8. The molecule has 2 unspecified atom stereocenters. The molecule has 1 aliphatic carbocycles. The lowest BCUT2D eigenvalue weighted by atomic mass is 9.85. The Morgan fingerprint density at radius 2 is 1.91 bits per heavy atom. The van der Waals surface area contributed by atoms with E-state index in [1.165, 1.54) is 30.4 Å². The number of aryl methyl sites for hydroxylation is 1. The zero-order chi connectivity index (χ0) is 15.5. The number of nitrogens with zero attached hydrogens (tertiary/aromatic N) is 1. The van der Waals surface area contributed by atoms with Gasteiger partial charge in [0.15, 0.2) is 0 Å². The Bertz CT molecular complexity index is 513. The highest BCUT2D eigenvalue weighted by Crippen LogP contribution is 2.35. The van der Waals surface area contributed by atoms with Crippen molar-refractivity contribution in [3.63, 3.8) is 0 Å². The van der Waals surface area contributed by atoms with E-state index in [9.17, 15) is 4.79 Å². The molecule has 1 saturated carbocycles. The molecule has 1 heterocycles. The van der Waals surface area contributed by atoms with E-state index in [2.05, 4.69) is 48.3 Å². The second-order valence-electron chi connectivity index (χ2n) is 7.14. The maximum atomic E-state index is 12.7. The van der Waals surface area contributed by atoms with Crippen molar-refractivity contribution in [1.82, 2.24) is 10.2 Å². The standard InChI is InChI=1S/C19H28N2O.ClH/c1-14-5-9-17(10-6-14)19-15(2)4-3-11-21(19)18(22)13-20-12-16-7-8-16;/h5-6,9-10,15-16,19-20H,3-4,7-8,11-13H2,1-2H3;1H. The molecule has 1 aromatic rings. The van der Waals surface area contributed by atoms with Gasteiger partial charge < -0.3 is 10.2 Å². The maximum absolute atomic E-state index is 12.7. The molecular weight excluding hydrogens is 308 g/mol. The van der Waals surface area contributed by atoms with Crippen LogP contribution in [0.1, 0.15) is 49.8 Å². The van der Waals surface area contributed by atoms with Gasteiger partial charge in [-0.25, -0.2) is 0 Å². The van der Waals surface area contributed by atoms with Crippen LogP contribution >= 0.6 is 12.4 Å². The molecule has 1 aromatic carbocycles. The van der Waals surface area contributed by atoms with Crippen LogP contribution in [0.15, 0.2) is 24.3 Å². The SMILES string of the molecule is Cc1ccc(C2C(C)CCCN2C(=O)CNCC2CC2)cc1.Cl. The molecule has 1 amide bonds. The van der Waals surface area contributed by atoms with Crippen molar-refractivity contribution in [2.75, 3.05) is 19.6 Å². The van der Waals surface area contributed by atoms with Crippen LogP contribution in [0, 0.1) is 18.8 Å². The monoisotopic (exact) mass is 336 g/mol. The second-order valence-corrected chi connectivity index (χ2v) is 7.14. The lowest BCUT2D eigenvalue weighted by Gasteiger charge is -2.40. The van der Waals surface area contributed by atoms with E-state index in [0.29, 0.717) is 12.5 Å². The molecule has 1 N–H and O–H groups in total. The number of piperidine rings is 1. The number of carbonyl (C=O) groups is 1. The summed E-state index contributed by atoms with van der Waals surface area (Å²) in [5.74, 6) is 1.61. The fourth-order valence-electron chi connectivity index (χ4n) is 3.55. The van der Waals surface area contributed by atoms with Gasteiger partial charge in [0.25, 0.3) is 0 Å². The fraction of sp³-hybridized carbons (Fsp3) is 0.632. The number of likely N-dealkylation sites (tertiary alicyclic amines) is 1. The highest BCUT2D eigenvalue weighted by molar-refractivity contribution is 5.85. The van der Waals surface area contributed by atoms with Crippen molar-refractivity contribution in [1.29, 1.82) is 0 Å². The third-order valence-electron chi connectivity index (χ3n) is 5.08. The van der Waals surface area contributed by atoms with Gasteiger partial charge in [-0.3, -0.25) is 4.79 Å². The number of benzene rings is 1. The topological polar surface area (TPSA) is 32.3 Å². The minimum Gasteiger partial charge on any atom is -0.334 e. The highest BCUT2D eigenvalue weighted by Gasteiger charge is 2.32. The van der Waals surface area contributed by atoms with Crippen molar-refractivity contribution in [2.45, 2.75) is 45.6 Å². The second kappa shape index (κ2) is 8.16. The van der Waals surface area contributed by atoms with Crippen LogP contribution in [0.25, 0.3) is 0 Å². The number of hydrogen-bond donors (Lipinski definition) is 1. The number of rotatable bonds is 5. The van der Waals surface area contributed by atoms with E-state index in [-0.39, 0.29) is 24.4 Å². The Balaban J connectivity index is 0.00000192. The number of carbonyl (C=O) groups excluding carboxylic acids is 1. The predicted octanol–water partition coefficient (Wildman–Crippen LogP) is 3.72. The van der Waals surface area contributed by atoms with E-state index in [1.54, 1.807) is 0 Å². The molecule has 23 heavy (non-hydrogen) atoms. The first-order valence-electron chi connectivity index (χ1n) is 8.72. The quantitative estimate of drug-likeness (QED) is 0.888. The van der Waals surface area contributed by atoms with Crippen LogP contribution in [0.5, 0.6) is 0 Å². The van der Waals surface area contributed by atoms with Gasteiger partial charge in [-0.05, 0) is 56.6 Å². The summed E-state index contributed by atoms with van der Waals surface area (Å²) in [5, 5.41) is 3.35.